The monoisotopic (exact) mass is 480 g/mol. The summed E-state index contributed by atoms with van der Waals surface area (Å²) in [4.78, 5) is 24.4. The van der Waals surface area contributed by atoms with Gasteiger partial charge >= 0.3 is 0 Å². The zero-order chi connectivity index (χ0) is 22.9. The van der Waals surface area contributed by atoms with Gasteiger partial charge in [-0.15, -0.1) is 0 Å². The summed E-state index contributed by atoms with van der Waals surface area (Å²) >= 11 is 11.8. The van der Waals surface area contributed by atoms with Crippen molar-refractivity contribution >= 4 is 35.0 Å². The van der Waals surface area contributed by atoms with Crippen LogP contribution in [0.4, 0.5) is 0 Å². The molecule has 0 heterocycles. The number of hydrogen-bond acceptors (Lipinski definition) is 5. The van der Waals surface area contributed by atoms with Crippen molar-refractivity contribution < 1.29 is 23.8 Å². The fourth-order valence-corrected chi connectivity index (χ4v) is 3.79. The molecule has 1 aliphatic rings. The van der Waals surface area contributed by atoms with Crippen molar-refractivity contribution in [2.24, 2.45) is 0 Å². The molecule has 9 heteroatoms. The fourth-order valence-electron chi connectivity index (χ4n) is 3.50. The molecular weight excluding hydrogens is 455 g/mol. The van der Waals surface area contributed by atoms with Crippen molar-refractivity contribution in [3.05, 3.63) is 52.5 Å². The molecule has 7 nitrogen and oxygen atoms in total. The molecule has 0 saturated heterocycles. The van der Waals surface area contributed by atoms with Gasteiger partial charge in [-0.2, -0.15) is 0 Å². The summed E-state index contributed by atoms with van der Waals surface area (Å²) in [6.07, 6.45) is 3.12. The van der Waals surface area contributed by atoms with E-state index in [1.807, 2.05) is 0 Å². The number of amides is 2. The molecule has 172 valence electrons. The normalized spacial score (nSPS) is 17.8. The molecule has 2 aromatic carbocycles. The first-order valence-corrected chi connectivity index (χ1v) is 11.1. The van der Waals surface area contributed by atoms with Crippen LogP contribution in [0.5, 0.6) is 17.2 Å². The summed E-state index contributed by atoms with van der Waals surface area (Å²) in [5.74, 6) is 1.15. The van der Waals surface area contributed by atoms with Crippen LogP contribution in [0.2, 0.25) is 10.0 Å². The van der Waals surface area contributed by atoms with Gasteiger partial charge in [-0.3, -0.25) is 9.59 Å². The van der Waals surface area contributed by atoms with Crippen LogP contribution in [-0.4, -0.2) is 44.2 Å². The number of benzene rings is 2. The standard InChI is InChI=1S/C23H26Cl2N2O5/c1-30-21-12-16(25)4-11-20(21)32-14-23(29)27-18-7-5-17(6-8-18)26-22(28)13-31-19-9-2-15(24)3-10-19/h2-4,9-12,17-18H,5-8,13-14H2,1H3,(H,26,28)(H,27,29). The third-order valence-electron chi connectivity index (χ3n) is 5.13. The zero-order valence-corrected chi connectivity index (χ0v) is 19.2. The van der Waals surface area contributed by atoms with Crippen molar-refractivity contribution in [3.63, 3.8) is 0 Å². The molecule has 1 aliphatic carbocycles. The molecule has 1 fully saturated rings. The molecule has 0 bridgehead atoms. The number of carbonyl (C=O) groups excluding carboxylic acids is 2. The molecule has 2 aromatic rings. The van der Waals surface area contributed by atoms with Gasteiger partial charge in [0.2, 0.25) is 0 Å². The summed E-state index contributed by atoms with van der Waals surface area (Å²) in [6, 6.07) is 11.9. The van der Waals surface area contributed by atoms with Crippen LogP contribution in [0.3, 0.4) is 0 Å². The maximum Gasteiger partial charge on any atom is 0.258 e. The second-order valence-electron chi connectivity index (χ2n) is 7.51. The van der Waals surface area contributed by atoms with Gasteiger partial charge in [0.05, 0.1) is 7.11 Å². The third kappa shape index (κ3) is 7.50. The summed E-state index contributed by atoms with van der Waals surface area (Å²) < 4.78 is 16.2. The number of ether oxygens (including phenoxy) is 3. The smallest absolute Gasteiger partial charge is 0.258 e. The average molecular weight is 481 g/mol. The maximum absolute atomic E-state index is 12.3. The van der Waals surface area contributed by atoms with Gasteiger partial charge in [-0.1, -0.05) is 23.2 Å². The fraction of sp³-hybridized carbons (Fsp3) is 0.391. The van der Waals surface area contributed by atoms with Crippen LogP contribution >= 0.6 is 23.2 Å². The number of halogens is 2. The second-order valence-corrected chi connectivity index (χ2v) is 8.38. The minimum atomic E-state index is -0.203. The van der Waals surface area contributed by atoms with Gasteiger partial charge < -0.3 is 24.8 Å². The average Bonchev–Trinajstić information content (AvgIpc) is 2.79. The Labute approximate surface area is 197 Å². The van der Waals surface area contributed by atoms with E-state index in [2.05, 4.69) is 10.6 Å². The van der Waals surface area contributed by atoms with Gasteiger partial charge in [-0.05, 0) is 62.1 Å². The molecule has 2 amide bonds. The Hall–Kier alpha value is -2.64. The van der Waals surface area contributed by atoms with Crippen LogP contribution in [0, 0.1) is 0 Å². The molecule has 3 rings (SSSR count). The van der Waals surface area contributed by atoms with Crippen LogP contribution in [0.1, 0.15) is 25.7 Å². The number of nitrogens with one attached hydrogen (secondary N) is 2. The van der Waals surface area contributed by atoms with Crippen molar-refractivity contribution in [1.29, 1.82) is 0 Å². The Morgan fingerprint density at radius 3 is 1.91 bits per heavy atom. The molecule has 0 aliphatic heterocycles. The highest BCUT2D eigenvalue weighted by molar-refractivity contribution is 6.31. The van der Waals surface area contributed by atoms with Gasteiger partial charge in [-0.25, -0.2) is 0 Å². The van der Waals surface area contributed by atoms with E-state index in [9.17, 15) is 9.59 Å². The van der Waals surface area contributed by atoms with Crippen molar-refractivity contribution in [1.82, 2.24) is 10.6 Å². The van der Waals surface area contributed by atoms with E-state index in [0.29, 0.717) is 27.3 Å². The second kappa shape index (κ2) is 11.8. The van der Waals surface area contributed by atoms with E-state index in [-0.39, 0.29) is 37.1 Å². The number of hydrogen-bond donors (Lipinski definition) is 2. The minimum absolute atomic E-state index is 0.0518. The summed E-state index contributed by atoms with van der Waals surface area (Å²) in [6.45, 7) is -0.166. The Bertz CT molecular complexity index is 915. The van der Waals surface area contributed by atoms with Gasteiger partial charge in [0, 0.05) is 28.2 Å². The SMILES string of the molecule is COc1cc(Cl)ccc1OCC(=O)NC1CCC(NC(=O)COc2ccc(Cl)cc2)CC1. The molecule has 32 heavy (non-hydrogen) atoms. The molecule has 0 radical (unpaired) electrons. The molecule has 0 aromatic heterocycles. The van der Waals surface area contributed by atoms with E-state index < -0.39 is 0 Å². The maximum atomic E-state index is 12.3. The third-order valence-corrected chi connectivity index (χ3v) is 5.61. The molecule has 0 unspecified atom stereocenters. The molecule has 0 atom stereocenters. The number of carbonyl (C=O) groups is 2. The summed E-state index contributed by atoms with van der Waals surface area (Å²) in [5.41, 5.74) is 0. The van der Waals surface area contributed by atoms with Gasteiger partial charge in [0.1, 0.15) is 5.75 Å². The predicted octanol–water partition coefficient (Wildman–Crippen LogP) is 4.00. The lowest BCUT2D eigenvalue weighted by Gasteiger charge is -2.29. The Kier molecular flexibility index (Phi) is 8.88. The van der Waals surface area contributed by atoms with Crippen molar-refractivity contribution in [2.75, 3.05) is 20.3 Å². The lowest BCUT2D eigenvalue weighted by molar-refractivity contribution is -0.125. The highest BCUT2D eigenvalue weighted by Gasteiger charge is 2.24. The summed E-state index contributed by atoms with van der Waals surface area (Å²) in [7, 11) is 1.51. The van der Waals surface area contributed by atoms with Crippen LogP contribution in [0.25, 0.3) is 0 Å². The topological polar surface area (TPSA) is 85.9 Å². The van der Waals surface area contributed by atoms with Crippen LogP contribution in [-0.2, 0) is 9.59 Å². The Balaban J connectivity index is 1.34. The van der Waals surface area contributed by atoms with Crippen molar-refractivity contribution in [3.8, 4) is 17.2 Å². The molecular formula is C23H26Cl2N2O5. The molecule has 0 spiro atoms. The van der Waals surface area contributed by atoms with E-state index in [0.717, 1.165) is 25.7 Å². The first-order valence-electron chi connectivity index (χ1n) is 10.4. The van der Waals surface area contributed by atoms with Crippen molar-refractivity contribution in [2.45, 2.75) is 37.8 Å². The highest BCUT2D eigenvalue weighted by atomic mass is 35.5. The van der Waals surface area contributed by atoms with E-state index in [4.69, 9.17) is 37.4 Å². The Morgan fingerprint density at radius 2 is 1.34 bits per heavy atom. The largest absolute Gasteiger partial charge is 0.493 e. The van der Waals surface area contributed by atoms with E-state index >= 15 is 0 Å². The Morgan fingerprint density at radius 1 is 0.812 bits per heavy atom. The van der Waals surface area contributed by atoms with Gasteiger partial charge in [0.15, 0.2) is 24.7 Å². The van der Waals surface area contributed by atoms with Crippen LogP contribution < -0.4 is 24.8 Å². The van der Waals surface area contributed by atoms with E-state index in [1.165, 1.54) is 7.11 Å². The number of rotatable bonds is 9. The molecule has 2 N–H and O–H groups in total. The highest BCUT2D eigenvalue weighted by Crippen LogP contribution is 2.30. The summed E-state index contributed by atoms with van der Waals surface area (Å²) in [5, 5.41) is 7.11. The number of methoxy groups -OCH3 is 1. The zero-order valence-electron chi connectivity index (χ0n) is 17.7. The van der Waals surface area contributed by atoms with E-state index in [1.54, 1.807) is 42.5 Å². The lowest BCUT2D eigenvalue weighted by Crippen LogP contribution is -2.45. The first-order chi connectivity index (χ1) is 15.4. The lowest BCUT2D eigenvalue weighted by atomic mass is 9.91. The van der Waals surface area contributed by atoms with Crippen LogP contribution in [0.15, 0.2) is 42.5 Å². The predicted molar refractivity (Wildman–Crippen MR) is 123 cm³/mol. The quantitative estimate of drug-likeness (QED) is 0.566. The first kappa shape index (κ1) is 24.0. The minimum Gasteiger partial charge on any atom is -0.493 e. The molecule has 1 saturated carbocycles. The van der Waals surface area contributed by atoms with Gasteiger partial charge in [0.25, 0.3) is 11.8 Å².